The van der Waals surface area contributed by atoms with Crippen LogP contribution in [-0.4, -0.2) is 43.0 Å². The summed E-state index contributed by atoms with van der Waals surface area (Å²) in [4.78, 5) is 23.9. The van der Waals surface area contributed by atoms with E-state index in [1.165, 1.54) is 31.2 Å². The van der Waals surface area contributed by atoms with Gasteiger partial charge in [0.05, 0.1) is 6.54 Å². The normalized spacial score (nSPS) is 19.0. The quantitative estimate of drug-likeness (QED) is 0.478. The van der Waals surface area contributed by atoms with E-state index in [2.05, 4.69) is 44.9 Å². The predicted molar refractivity (Wildman–Crippen MR) is 130 cm³/mol. The molecule has 1 atom stereocenters. The van der Waals surface area contributed by atoms with Gasteiger partial charge >= 0.3 is 0 Å². The Morgan fingerprint density at radius 2 is 1.97 bits per heavy atom. The molecule has 2 aliphatic heterocycles. The third-order valence-corrected chi connectivity index (χ3v) is 6.13. The number of para-hydroxylation sites is 1. The molecule has 1 aromatic heterocycles. The highest BCUT2D eigenvalue weighted by Gasteiger charge is 2.24. The van der Waals surface area contributed by atoms with Crippen LogP contribution in [0.4, 0.5) is 11.5 Å². The molecule has 1 amide bonds. The molecule has 0 aliphatic carbocycles. The Morgan fingerprint density at radius 1 is 1.16 bits per heavy atom. The monoisotopic (exact) mass is 434 g/mol. The van der Waals surface area contributed by atoms with Crippen LogP contribution in [0.25, 0.3) is 0 Å². The van der Waals surface area contributed by atoms with Crippen molar-refractivity contribution in [2.24, 2.45) is 4.99 Å². The van der Waals surface area contributed by atoms with Crippen LogP contribution in [0.15, 0.2) is 47.6 Å². The average molecular weight is 435 g/mol. The van der Waals surface area contributed by atoms with Crippen molar-refractivity contribution in [3.8, 4) is 0 Å². The summed E-state index contributed by atoms with van der Waals surface area (Å²) >= 11 is 0. The molecular formula is C25H34N6O. The number of hydrogen-bond acceptors (Lipinski definition) is 4. The van der Waals surface area contributed by atoms with Gasteiger partial charge in [-0.2, -0.15) is 0 Å². The van der Waals surface area contributed by atoms with Crippen molar-refractivity contribution in [1.82, 2.24) is 15.6 Å². The standard InChI is InChI=1S/C25H34N6O/c1-2-26-25(29-18-20-16-24(32)30-22-10-6-5-9-21(20)22)28-17-19-11-12-27-23(15-19)31-13-7-3-4-8-14-31/h5-6,9-12,15,20H,2-4,7-8,13-14,16-18H2,1H3,(H,30,32)(H2,26,28,29). The van der Waals surface area contributed by atoms with E-state index in [9.17, 15) is 4.79 Å². The lowest BCUT2D eigenvalue weighted by atomic mass is 9.90. The van der Waals surface area contributed by atoms with Gasteiger partial charge in [-0.3, -0.25) is 4.79 Å². The molecule has 170 valence electrons. The Kier molecular flexibility index (Phi) is 7.59. The predicted octanol–water partition coefficient (Wildman–Crippen LogP) is 3.64. The number of amides is 1. The Morgan fingerprint density at radius 3 is 2.78 bits per heavy atom. The van der Waals surface area contributed by atoms with Crippen molar-refractivity contribution in [3.05, 3.63) is 53.7 Å². The van der Waals surface area contributed by atoms with Gasteiger partial charge in [0.2, 0.25) is 5.91 Å². The van der Waals surface area contributed by atoms with Gasteiger partial charge in [0.15, 0.2) is 5.96 Å². The highest BCUT2D eigenvalue weighted by atomic mass is 16.1. The van der Waals surface area contributed by atoms with Gasteiger partial charge in [0.25, 0.3) is 0 Å². The molecule has 2 aliphatic rings. The van der Waals surface area contributed by atoms with E-state index >= 15 is 0 Å². The molecule has 0 bridgehead atoms. The van der Waals surface area contributed by atoms with Gasteiger partial charge in [-0.15, -0.1) is 0 Å². The Hall–Kier alpha value is -3.09. The smallest absolute Gasteiger partial charge is 0.225 e. The molecule has 1 saturated heterocycles. The van der Waals surface area contributed by atoms with Crippen molar-refractivity contribution in [3.63, 3.8) is 0 Å². The third kappa shape index (κ3) is 5.78. The van der Waals surface area contributed by atoms with Crippen LogP contribution in [0, 0.1) is 0 Å². The highest BCUT2D eigenvalue weighted by Crippen LogP contribution is 2.31. The van der Waals surface area contributed by atoms with E-state index in [-0.39, 0.29) is 11.8 Å². The first-order chi connectivity index (χ1) is 15.7. The van der Waals surface area contributed by atoms with E-state index in [1.54, 1.807) is 0 Å². The number of aliphatic imine (C=N–C) groups is 1. The molecule has 0 radical (unpaired) electrons. The lowest BCUT2D eigenvalue weighted by Gasteiger charge is -2.26. The summed E-state index contributed by atoms with van der Waals surface area (Å²) < 4.78 is 0. The number of benzene rings is 1. The maximum Gasteiger partial charge on any atom is 0.225 e. The van der Waals surface area contributed by atoms with Crippen LogP contribution in [0.2, 0.25) is 0 Å². The molecule has 0 spiro atoms. The molecule has 3 heterocycles. The number of aromatic nitrogens is 1. The second-order valence-electron chi connectivity index (χ2n) is 8.54. The number of pyridine rings is 1. The van der Waals surface area contributed by atoms with E-state index in [4.69, 9.17) is 4.99 Å². The number of fused-ring (bicyclic) bond motifs is 1. The summed E-state index contributed by atoms with van der Waals surface area (Å²) in [5, 5.41) is 9.73. The van der Waals surface area contributed by atoms with E-state index in [0.29, 0.717) is 19.5 Å². The van der Waals surface area contributed by atoms with E-state index in [1.807, 2.05) is 30.5 Å². The molecule has 1 fully saturated rings. The number of guanidine groups is 1. The van der Waals surface area contributed by atoms with Gasteiger partial charge in [0.1, 0.15) is 5.82 Å². The number of nitrogens with one attached hydrogen (secondary N) is 3. The molecule has 1 aromatic carbocycles. The zero-order valence-corrected chi connectivity index (χ0v) is 18.9. The molecule has 32 heavy (non-hydrogen) atoms. The maximum absolute atomic E-state index is 12.1. The molecule has 7 heteroatoms. The van der Waals surface area contributed by atoms with Crippen LogP contribution in [-0.2, 0) is 11.3 Å². The van der Waals surface area contributed by atoms with Gasteiger partial charge in [-0.1, -0.05) is 31.0 Å². The first-order valence-corrected chi connectivity index (χ1v) is 11.8. The average Bonchev–Trinajstić information content (AvgIpc) is 3.10. The Bertz CT molecular complexity index is 936. The summed E-state index contributed by atoms with van der Waals surface area (Å²) in [5.74, 6) is 2.01. The minimum atomic E-state index is 0.0651. The van der Waals surface area contributed by atoms with E-state index < -0.39 is 0 Å². The third-order valence-electron chi connectivity index (χ3n) is 6.13. The maximum atomic E-state index is 12.1. The molecule has 3 N–H and O–H groups in total. The molecule has 4 rings (SSSR count). The molecule has 2 aromatic rings. The highest BCUT2D eigenvalue weighted by molar-refractivity contribution is 5.94. The van der Waals surface area contributed by atoms with E-state index in [0.717, 1.165) is 42.7 Å². The second kappa shape index (κ2) is 11.0. The minimum Gasteiger partial charge on any atom is -0.357 e. The summed E-state index contributed by atoms with van der Waals surface area (Å²) in [6.45, 7) is 6.25. The SMILES string of the molecule is CCNC(=NCc1ccnc(N2CCCCCC2)c1)NCC1CC(=O)Nc2ccccc21. The first-order valence-electron chi connectivity index (χ1n) is 11.8. The topological polar surface area (TPSA) is 81.7 Å². The fourth-order valence-corrected chi connectivity index (χ4v) is 4.45. The minimum absolute atomic E-state index is 0.0651. The zero-order valence-electron chi connectivity index (χ0n) is 18.9. The number of carbonyl (C=O) groups is 1. The number of anilines is 2. The first kappa shape index (κ1) is 22.1. The number of rotatable bonds is 6. The number of hydrogen-bond donors (Lipinski definition) is 3. The lowest BCUT2D eigenvalue weighted by Crippen LogP contribution is -2.40. The van der Waals surface area contributed by atoms with Crippen molar-refractivity contribution in [2.45, 2.75) is 51.5 Å². The summed E-state index contributed by atoms with van der Waals surface area (Å²) in [5.41, 5.74) is 3.24. The number of nitrogens with zero attached hydrogens (tertiary/aromatic N) is 3. The van der Waals surface area contributed by atoms with Gasteiger partial charge in [0, 0.05) is 50.4 Å². The van der Waals surface area contributed by atoms with Gasteiger partial charge in [-0.05, 0) is 49.1 Å². The fraction of sp³-hybridized carbons (Fsp3) is 0.480. The van der Waals surface area contributed by atoms with Crippen molar-refractivity contribution < 1.29 is 4.79 Å². The van der Waals surface area contributed by atoms with Crippen molar-refractivity contribution in [2.75, 3.05) is 36.4 Å². The van der Waals surface area contributed by atoms with Crippen LogP contribution >= 0.6 is 0 Å². The Labute approximate surface area is 190 Å². The summed E-state index contributed by atoms with van der Waals surface area (Å²) in [6, 6.07) is 12.2. The summed E-state index contributed by atoms with van der Waals surface area (Å²) in [7, 11) is 0. The molecule has 0 saturated carbocycles. The molecular weight excluding hydrogens is 400 g/mol. The van der Waals surface area contributed by atoms with Crippen LogP contribution in [0.3, 0.4) is 0 Å². The van der Waals surface area contributed by atoms with Crippen molar-refractivity contribution >= 4 is 23.4 Å². The van der Waals surface area contributed by atoms with Crippen LogP contribution in [0.1, 0.15) is 56.1 Å². The Balaban J connectivity index is 1.40. The zero-order chi connectivity index (χ0) is 22.2. The van der Waals surface area contributed by atoms with Crippen LogP contribution < -0.4 is 20.9 Å². The lowest BCUT2D eigenvalue weighted by molar-refractivity contribution is -0.116. The van der Waals surface area contributed by atoms with Gasteiger partial charge < -0.3 is 20.9 Å². The second-order valence-corrected chi connectivity index (χ2v) is 8.54. The number of carbonyl (C=O) groups excluding carboxylic acids is 1. The van der Waals surface area contributed by atoms with Crippen LogP contribution in [0.5, 0.6) is 0 Å². The largest absolute Gasteiger partial charge is 0.357 e. The van der Waals surface area contributed by atoms with Gasteiger partial charge in [-0.25, -0.2) is 9.98 Å². The van der Waals surface area contributed by atoms with Crippen molar-refractivity contribution in [1.29, 1.82) is 0 Å². The fourth-order valence-electron chi connectivity index (χ4n) is 4.45. The molecule has 1 unspecified atom stereocenters. The molecule has 7 nitrogen and oxygen atoms in total. The summed E-state index contributed by atoms with van der Waals surface area (Å²) in [6.07, 6.45) is 7.47.